The number of nitrogens with zero attached hydrogens (tertiary/aromatic N) is 1. The van der Waals surface area contributed by atoms with E-state index in [2.05, 4.69) is 11.4 Å². The maximum absolute atomic E-state index is 14.6. The highest BCUT2D eigenvalue weighted by Gasteiger charge is 2.32. The lowest BCUT2D eigenvalue weighted by Gasteiger charge is -2.26. The molecule has 1 atom stereocenters. The number of anilines is 1. The highest BCUT2D eigenvalue weighted by molar-refractivity contribution is 5.98. The van der Waals surface area contributed by atoms with E-state index < -0.39 is 5.82 Å². The Kier molecular flexibility index (Phi) is 4.23. The van der Waals surface area contributed by atoms with Crippen molar-refractivity contribution >= 4 is 17.5 Å². The third-order valence-electron chi connectivity index (χ3n) is 5.26. The Hall–Kier alpha value is -2.69. The molecule has 1 fully saturated rings. The third-order valence-corrected chi connectivity index (χ3v) is 5.26. The Bertz CT molecular complexity index is 894. The van der Waals surface area contributed by atoms with Gasteiger partial charge in [-0.1, -0.05) is 29.8 Å². The molecule has 0 radical (unpaired) electrons. The van der Waals surface area contributed by atoms with Gasteiger partial charge in [0.25, 0.3) is 5.91 Å². The summed E-state index contributed by atoms with van der Waals surface area (Å²) in [5, 5.41) is 2.67. The number of benzene rings is 2. The van der Waals surface area contributed by atoms with Crippen molar-refractivity contribution in [3.05, 3.63) is 64.5 Å². The van der Waals surface area contributed by atoms with Crippen molar-refractivity contribution in [3.8, 4) is 0 Å². The van der Waals surface area contributed by atoms with Crippen LogP contribution in [0.25, 0.3) is 0 Å². The average molecular weight is 352 g/mol. The quantitative estimate of drug-likeness (QED) is 0.888. The van der Waals surface area contributed by atoms with Gasteiger partial charge in [-0.25, -0.2) is 4.39 Å². The molecule has 26 heavy (non-hydrogen) atoms. The number of rotatable bonds is 2. The number of aryl methyl sites for hydroxylation is 2. The maximum atomic E-state index is 14.6. The summed E-state index contributed by atoms with van der Waals surface area (Å²) in [7, 11) is 0. The van der Waals surface area contributed by atoms with Gasteiger partial charge in [0.1, 0.15) is 5.82 Å². The first-order chi connectivity index (χ1) is 12.5. The van der Waals surface area contributed by atoms with Crippen LogP contribution in [0.3, 0.4) is 0 Å². The second-order valence-electron chi connectivity index (χ2n) is 7.11. The number of nitrogens with one attached hydrogen (secondary N) is 1. The molecule has 2 aliphatic heterocycles. The lowest BCUT2D eigenvalue weighted by Crippen LogP contribution is -2.31. The van der Waals surface area contributed by atoms with Crippen LogP contribution in [0.2, 0.25) is 0 Å². The van der Waals surface area contributed by atoms with E-state index in [1.807, 2.05) is 25.1 Å². The summed E-state index contributed by atoms with van der Waals surface area (Å²) in [6.07, 6.45) is 2.69. The number of carbonyl (C=O) groups is 2. The molecule has 0 spiro atoms. The number of halogens is 1. The molecule has 2 heterocycles. The van der Waals surface area contributed by atoms with Crippen LogP contribution >= 0.6 is 0 Å². The summed E-state index contributed by atoms with van der Waals surface area (Å²) in [5.74, 6) is -0.966. The minimum atomic E-state index is -0.578. The molecule has 0 saturated carbocycles. The molecule has 2 aromatic rings. The number of likely N-dealkylation sites (tertiary alicyclic amines) is 1. The van der Waals surface area contributed by atoms with E-state index in [1.54, 1.807) is 11.0 Å². The van der Waals surface area contributed by atoms with E-state index >= 15 is 0 Å². The van der Waals surface area contributed by atoms with Gasteiger partial charge in [-0.05, 0) is 49.4 Å². The normalized spacial score (nSPS) is 19.2. The Balaban J connectivity index is 1.66. The summed E-state index contributed by atoms with van der Waals surface area (Å²) >= 11 is 0. The first kappa shape index (κ1) is 16.8. The average Bonchev–Trinajstić information content (AvgIpc) is 3.10. The summed E-state index contributed by atoms with van der Waals surface area (Å²) in [6, 6.07) is 11.0. The molecule has 0 aliphatic carbocycles. The first-order valence-electron chi connectivity index (χ1n) is 9.03. The van der Waals surface area contributed by atoms with Gasteiger partial charge in [0.2, 0.25) is 5.91 Å². The molecular formula is C21H21FN2O2. The monoisotopic (exact) mass is 352 g/mol. The van der Waals surface area contributed by atoms with Gasteiger partial charge in [0.15, 0.2) is 0 Å². The predicted molar refractivity (Wildman–Crippen MR) is 97.5 cm³/mol. The number of hydrogen-bond donors (Lipinski definition) is 1. The van der Waals surface area contributed by atoms with E-state index in [9.17, 15) is 14.0 Å². The lowest BCUT2D eigenvalue weighted by atomic mass is 9.98. The smallest absolute Gasteiger partial charge is 0.257 e. The summed E-state index contributed by atoms with van der Waals surface area (Å²) in [4.78, 5) is 26.3. The summed E-state index contributed by atoms with van der Waals surface area (Å²) in [6.45, 7) is 2.66. The van der Waals surface area contributed by atoms with Crippen molar-refractivity contribution in [1.82, 2.24) is 4.90 Å². The summed E-state index contributed by atoms with van der Waals surface area (Å²) in [5.41, 5.74) is 3.64. The van der Waals surface area contributed by atoms with E-state index in [-0.39, 0.29) is 23.4 Å². The highest BCUT2D eigenvalue weighted by Crippen LogP contribution is 2.35. The van der Waals surface area contributed by atoms with Gasteiger partial charge >= 0.3 is 0 Å². The molecule has 0 aromatic heterocycles. The predicted octanol–water partition coefficient (Wildman–Crippen LogP) is 4.00. The van der Waals surface area contributed by atoms with Crippen LogP contribution in [0, 0.1) is 12.7 Å². The molecule has 0 bridgehead atoms. The standard InChI is InChI=1S/C21H21FN2O2/c1-13-4-2-5-15(10-13)19-6-3-9-24(19)21(26)16-11-14-7-8-20(25)23-18(14)12-17(16)22/h2,4-5,10-12,19H,3,6-9H2,1H3,(H,23,25)/t19-/m1/s1. The van der Waals surface area contributed by atoms with Crippen molar-refractivity contribution in [1.29, 1.82) is 0 Å². The Morgan fingerprint density at radius 1 is 1.23 bits per heavy atom. The topological polar surface area (TPSA) is 49.4 Å². The molecule has 1 N–H and O–H groups in total. The van der Waals surface area contributed by atoms with Crippen molar-refractivity contribution in [2.75, 3.05) is 11.9 Å². The molecule has 4 nitrogen and oxygen atoms in total. The van der Waals surface area contributed by atoms with Gasteiger partial charge in [0, 0.05) is 18.7 Å². The zero-order valence-corrected chi connectivity index (χ0v) is 14.7. The number of amides is 2. The molecule has 5 heteroatoms. The van der Waals surface area contributed by atoms with Crippen LogP contribution in [0.1, 0.15) is 52.4 Å². The maximum Gasteiger partial charge on any atom is 0.257 e. The van der Waals surface area contributed by atoms with Gasteiger partial charge in [0.05, 0.1) is 11.6 Å². The van der Waals surface area contributed by atoms with E-state index in [4.69, 9.17) is 0 Å². The van der Waals surface area contributed by atoms with Gasteiger partial charge in [-0.2, -0.15) is 0 Å². The molecule has 2 amide bonds. The van der Waals surface area contributed by atoms with Crippen molar-refractivity contribution in [3.63, 3.8) is 0 Å². The molecular weight excluding hydrogens is 331 g/mol. The van der Waals surface area contributed by atoms with Crippen LogP contribution in [0.5, 0.6) is 0 Å². The Morgan fingerprint density at radius 2 is 2.08 bits per heavy atom. The fraction of sp³-hybridized carbons (Fsp3) is 0.333. The second-order valence-corrected chi connectivity index (χ2v) is 7.11. The van der Waals surface area contributed by atoms with Crippen LogP contribution in [-0.4, -0.2) is 23.3 Å². The SMILES string of the molecule is Cc1cccc([C@H]2CCCN2C(=O)c2cc3c(cc2F)NC(=O)CC3)c1. The van der Waals surface area contributed by atoms with E-state index in [0.29, 0.717) is 25.1 Å². The number of carbonyl (C=O) groups excluding carboxylic acids is 2. The molecule has 134 valence electrons. The molecule has 2 aromatic carbocycles. The first-order valence-corrected chi connectivity index (χ1v) is 9.03. The fourth-order valence-electron chi connectivity index (χ4n) is 3.95. The van der Waals surface area contributed by atoms with Crippen molar-refractivity contribution in [2.24, 2.45) is 0 Å². The lowest BCUT2D eigenvalue weighted by molar-refractivity contribution is -0.116. The van der Waals surface area contributed by atoms with Gasteiger partial charge in [-0.15, -0.1) is 0 Å². The zero-order chi connectivity index (χ0) is 18.3. The second kappa shape index (κ2) is 6.56. The Morgan fingerprint density at radius 3 is 2.88 bits per heavy atom. The van der Waals surface area contributed by atoms with E-state index in [0.717, 1.165) is 29.5 Å². The third kappa shape index (κ3) is 2.98. The molecule has 1 saturated heterocycles. The molecule has 2 aliphatic rings. The molecule has 4 rings (SSSR count). The minimum absolute atomic E-state index is 0.0162. The fourth-order valence-corrected chi connectivity index (χ4v) is 3.95. The van der Waals surface area contributed by atoms with E-state index in [1.165, 1.54) is 6.07 Å². The van der Waals surface area contributed by atoms with Crippen LogP contribution in [-0.2, 0) is 11.2 Å². The van der Waals surface area contributed by atoms with Crippen LogP contribution in [0.4, 0.5) is 10.1 Å². The van der Waals surface area contributed by atoms with Gasteiger partial charge in [-0.3, -0.25) is 9.59 Å². The van der Waals surface area contributed by atoms with Crippen molar-refractivity contribution < 1.29 is 14.0 Å². The van der Waals surface area contributed by atoms with Gasteiger partial charge < -0.3 is 10.2 Å². The number of fused-ring (bicyclic) bond motifs is 1. The van der Waals surface area contributed by atoms with Crippen LogP contribution in [0.15, 0.2) is 36.4 Å². The minimum Gasteiger partial charge on any atom is -0.332 e. The molecule has 0 unspecified atom stereocenters. The summed E-state index contributed by atoms with van der Waals surface area (Å²) < 4.78 is 14.6. The van der Waals surface area contributed by atoms with Crippen LogP contribution < -0.4 is 5.32 Å². The Labute approximate surface area is 152 Å². The zero-order valence-electron chi connectivity index (χ0n) is 14.7. The number of hydrogen-bond acceptors (Lipinski definition) is 2. The van der Waals surface area contributed by atoms with Crippen molar-refractivity contribution in [2.45, 2.75) is 38.6 Å². The largest absolute Gasteiger partial charge is 0.332 e. The highest BCUT2D eigenvalue weighted by atomic mass is 19.1.